The van der Waals surface area contributed by atoms with Gasteiger partial charge < -0.3 is 10.2 Å². The Morgan fingerprint density at radius 1 is 0.810 bits per heavy atom. The largest absolute Gasteiger partial charge is 0.393 e. The van der Waals surface area contributed by atoms with Crippen LogP contribution in [0, 0.1) is 34.5 Å². The number of aliphatic hydroxyl groups excluding tert-OH is 2. The van der Waals surface area contributed by atoms with Crippen LogP contribution in [0.1, 0.15) is 71.6 Å². The Bertz CT molecular complexity index is 422. The van der Waals surface area contributed by atoms with E-state index in [1.807, 2.05) is 0 Å². The Labute approximate surface area is 129 Å². The van der Waals surface area contributed by atoms with Crippen molar-refractivity contribution in [3.63, 3.8) is 0 Å². The highest BCUT2D eigenvalue weighted by atomic mass is 16.3. The molecule has 0 amide bonds. The summed E-state index contributed by atoms with van der Waals surface area (Å²) in [6.45, 7) is 4.97. The summed E-state index contributed by atoms with van der Waals surface area (Å²) in [5.41, 5.74) is 0.851. The molecule has 0 spiro atoms. The van der Waals surface area contributed by atoms with Crippen LogP contribution >= 0.6 is 0 Å². The monoisotopic (exact) mass is 292 g/mol. The molecule has 4 aliphatic carbocycles. The van der Waals surface area contributed by atoms with Crippen LogP contribution in [0.4, 0.5) is 0 Å². The van der Waals surface area contributed by atoms with Crippen LogP contribution in [0.3, 0.4) is 0 Å². The van der Waals surface area contributed by atoms with Crippen molar-refractivity contribution < 1.29 is 10.2 Å². The molecular weight excluding hydrogens is 260 g/mol. The van der Waals surface area contributed by atoms with E-state index in [0.29, 0.717) is 11.3 Å². The Balaban J connectivity index is 1.66. The molecule has 0 aromatic rings. The number of hydrogen-bond donors (Lipinski definition) is 2. The third kappa shape index (κ3) is 1.97. The zero-order valence-corrected chi connectivity index (χ0v) is 13.7. The zero-order chi connectivity index (χ0) is 14.8. The molecule has 0 unspecified atom stereocenters. The lowest BCUT2D eigenvalue weighted by atomic mass is 9.44. The topological polar surface area (TPSA) is 40.5 Å². The van der Waals surface area contributed by atoms with Crippen molar-refractivity contribution in [2.45, 2.75) is 83.8 Å². The first kappa shape index (κ1) is 14.5. The van der Waals surface area contributed by atoms with E-state index in [0.717, 1.165) is 43.4 Å². The van der Waals surface area contributed by atoms with Crippen molar-refractivity contribution in [3.8, 4) is 0 Å². The third-order valence-corrected chi connectivity index (χ3v) is 8.43. The highest BCUT2D eigenvalue weighted by molar-refractivity contribution is 5.09. The standard InChI is InChI=1S/C19H32O2/c1-18-7-3-4-14(18)13-11-17(21)16-10-12(20)5-9-19(16,2)15(13)6-8-18/h12-17,20-21H,3-11H2,1-2H3/t12-,13+,14+,15+,16-,17+,18+,19-/m1/s1. The van der Waals surface area contributed by atoms with Crippen molar-refractivity contribution in [1.82, 2.24) is 0 Å². The Morgan fingerprint density at radius 2 is 1.62 bits per heavy atom. The molecule has 0 aromatic carbocycles. The van der Waals surface area contributed by atoms with Gasteiger partial charge in [0.05, 0.1) is 12.2 Å². The van der Waals surface area contributed by atoms with Crippen molar-refractivity contribution in [2.24, 2.45) is 34.5 Å². The van der Waals surface area contributed by atoms with Crippen molar-refractivity contribution in [2.75, 3.05) is 0 Å². The van der Waals surface area contributed by atoms with Crippen LogP contribution in [-0.4, -0.2) is 22.4 Å². The van der Waals surface area contributed by atoms with E-state index < -0.39 is 0 Å². The SMILES string of the molecule is C[C@@]12CCC[C@H]1[C@@H]1C[C@H](O)[C@H]3C[C@H](O)CC[C@]3(C)[C@H]1CC2. The van der Waals surface area contributed by atoms with Gasteiger partial charge >= 0.3 is 0 Å². The molecule has 0 aromatic heterocycles. The summed E-state index contributed by atoms with van der Waals surface area (Å²) < 4.78 is 0. The highest BCUT2D eigenvalue weighted by Gasteiger charge is 2.59. The van der Waals surface area contributed by atoms with Gasteiger partial charge in [-0.05, 0) is 85.9 Å². The minimum atomic E-state index is -0.172. The maximum absolute atomic E-state index is 10.8. The second-order valence-corrected chi connectivity index (χ2v) is 9.31. The first-order chi connectivity index (χ1) is 9.94. The van der Waals surface area contributed by atoms with E-state index in [-0.39, 0.29) is 17.6 Å². The molecule has 4 rings (SSSR count). The minimum Gasteiger partial charge on any atom is -0.393 e. The smallest absolute Gasteiger partial charge is 0.0577 e. The lowest BCUT2D eigenvalue weighted by molar-refractivity contribution is -0.167. The second-order valence-electron chi connectivity index (χ2n) is 9.31. The summed E-state index contributed by atoms with van der Waals surface area (Å²) in [4.78, 5) is 0. The molecule has 0 saturated heterocycles. The molecule has 2 heteroatoms. The second kappa shape index (κ2) is 4.71. The number of hydrogen-bond acceptors (Lipinski definition) is 2. The van der Waals surface area contributed by atoms with Gasteiger partial charge in [-0.25, -0.2) is 0 Å². The van der Waals surface area contributed by atoms with Gasteiger partial charge in [-0.2, -0.15) is 0 Å². The summed E-state index contributed by atoms with van der Waals surface area (Å²) in [6.07, 6.45) is 10.6. The van der Waals surface area contributed by atoms with Gasteiger partial charge in [0.1, 0.15) is 0 Å². The molecule has 8 atom stereocenters. The Morgan fingerprint density at radius 3 is 2.43 bits per heavy atom. The summed E-state index contributed by atoms with van der Waals surface area (Å²) in [6, 6.07) is 0. The molecule has 0 bridgehead atoms. The number of aliphatic hydroxyl groups is 2. The quantitative estimate of drug-likeness (QED) is 0.714. The van der Waals surface area contributed by atoms with Crippen LogP contribution in [0.25, 0.3) is 0 Å². The van der Waals surface area contributed by atoms with E-state index >= 15 is 0 Å². The van der Waals surface area contributed by atoms with Crippen molar-refractivity contribution >= 4 is 0 Å². The van der Waals surface area contributed by atoms with Crippen LogP contribution in [0.15, 0.2) is 0 Å². The van der Waals surface area contributed by atoms with E-state index in [2.05, 4.69) is 13.8 Å². The van der Waals surface area contributed by atoms with Gasteiger partial charge in [-0.1, -0.05) is 20.3 Å². The van der Waals surface area contributed by atoms with Crippen LogP contribution in [-0.2, 0) is 0 Å². The van der Waals surface area contributed by atoms with Gasteiger partial charge in [0.25, 0.3) is 0 Å². The van der Waals surface area contributed by atoms with E-state index in [9.17, 15) is 10.2 Å². The Hall–Kier alpha value is -0.0800. The third-order valence-electron chi connectivity index (χ3n) is 8.43. The fourth-order valence-corrected chi connectivity index (χ4v) is 7.27. The van der Waals surface area contributed by atoms with Crippen molar-refractivity contribution in [1.29, 1.82) is 0 Å². The van der Waals surface area contributed by atoms with Gasteiger partial charge in [0.2, 0.25) is 0 Å². The summed E-state index contributed by atoms with van der Waals surface area (Å²) in [5.74, 6) is 2.75. The van der Waals surface area contributed by atoms with Gasteiger partial charge in [0, 0.05) is 0 Å². The maximum atomic E-state index is 10.8. The van der Waals surface area contributed by atoms with Gasteiger partial charge in [-0.15, -0.1) is 0 Å². The average molecular weight is 292 g/mol. The van der Waals surface area contributed by atoms with E-state index in [1.54, 1.807) is 0 Å². The molecule has 21 heavy (non-hydrogen) atoms. The molecule has 120 valence electrons. The molecular formula is C19H32O2. The molecule has 0 radical (unpaired) electrons. The number of rotatable bonds is 0. The molecule has 4 fully saturated rings. The molecule has 2 nitrogen and oxygen atoms in total. The lowest BCUT2D eigenvalue weighted by Gasteiger charge is -2.61. The van der Waals surface area contributed by atoms with Crippen LogP contribution in [0.5, 0.6) is 0 Å². The fraction of sp³-hybridized carbons (Fsp3) is 1.00. The summed E-state index contributed by atoms with van der Waals surface area (Å²) in [5, 5.41) is 20.9. The predicted molar refractivity (Wildman–Crippen MR) is 83.7 cm³/mol. The summed E-state index contributed by atoms with van der Waals surface area (Å²) in [7, 11) is 0. The lowest BCUT2D eigenvalue weighted by Crippen LogP contribution is -2.57. The molecule has 4 aliphatic rings. The molecule has 4 saturated carbocycles. The first-order valence-corrected chi connectivity index (χ1v) is 9.30. The molecule has 0 heterocycles. The highest BCUT2D eigenvalue weighted by Crippen LogP contribution is 2.66. The maximum Gasteiger partial charge on any atom is 0.0577 e. The fourth-order valence-electron chi connectivity index (χ4n) is 7.27. The van der Waals surface area contributed by atoms with Crippen molar-refractivity contribution in [3.05, 3.63) is 0 Å². The average Bonchev–Trinajstić information content (AvgIpc) is 2.83. The zero-order valence-electron chi connectivity index (χ0n) is 13.7. The summed E-state index contributed by atoms with van der Waals surface area (Å²) >= 11 is 0. The molecule has 2 N–H and O–H groups in total. The minimum absolute atomic E-state index is 0.172. The first-order valence-electron chi connectivity index (χ1n) is 9.30. The van der Waals surface area contributed by atoms with Gasteiger partial charge in [0.15, 0.2) is 0 Å². The van der Waals surface area contributed by atoms with E-state index in [4.69, 9.17) is 0 Å². The number of fused-ring (bicyclic) bond motifs is 5. The predicted octanol–water partition coefficient (Wildman–Crippen LogP) is 3.75. The normalized spacial score (nSPS) is 60.0. The Kier molecular flexibility index (Phi) is 3.25. The van der Waals surface area contributed by atoms with Crippen LogP contribution in [0.2, 0.25) is 0 Å². The molecule has 0 aliphatic heterocycles. The van der Waals surface area contributed by atoms with E-state index in [1.165, 1.54) is 32.1 Å². The van der Waals surface area contributed by atoms with Gasteiger partial charge in [-0.3, -0.25) is 0 Å². The van der Waals surface area contributed by atoms with Crippen LogP contribution < -0.4 is 0 Å².